The molecule has 4 heteroatoms. The molecule has 1 aromatic rings. The highest BCUT2D eigenvalue weighted by Gasteiger charge is 2.33. The molecule has 1 aliphatic carbocycles. The lowest BCUT2D eigenvalue weighted by Crippen LogP contribution is -2.27. The van der Waals surface area contributed by atoms with Gasteiger partial charge in [0.2, 0.25) is 0 Å². The fourth-order valence-electron chi connectivity index (χ4n) is 2.03. The standard InChI is InChI=1S/C11H12F3N/c1-15-6-8-4-7-5-9(11(12,13)14)2-3-10(7)8/h2-3,5,8,15H,4,6H2,1H3. The third-order valence-electron chi connectivity index (χ3n) is 2.83. The molecule has 1 unspecified atom stereocenters. The van der Waals surface area contributed by atoms with Crippen LogP contribution in [0.3, 0.4) is 0 Å². The van der Waals surface area contributed by atoms with Crippen LogP contribution in [0.1, 0.15) is 22.6 Å². The number of hydrogen-bond acceptors (Lipinski definition) is 1. The van der Waals surface area contributed by atoms with Crippen molar-refractivity contribution in [2.45, 2.75) is 18.5 Å². The van der Waals surface area contributed by atoms with E-state index >= 15 is 0 Å². The zero-order valence-corrected chi connectivity index (χ0v) is 8.36. The fraction of sp³-hybridized carbons (Fsp3) is 0.455. The van der Waals surface area contributed by atoms with Gasteiger partial charge in [0.15, 0.2) is 0 Å². The van der Waals surface area contributed by atoms with Crippen LogP contribution in [0.4, 0.5) is 13.2 Å². The lowest BCUT2D eigenvalue weighted by molar-refractivity contribution is -0.137. The molecule has 0 saturated carbocycles. The normalized spacial score (nSPS) is 19.6. The quantitative estimate of drug-likeness (QED) is 0.799. The number of nitrogens with one attached hydrogen (secondary N) is 1. The van der Waals surface area contributed by atoms with Gasteiger partial charge >= 0.3 is 6.18 Å². The summed E-state index contributed by atoms with van der Waals surface area (Å²) in [4.78, 5) is 0. The molecule has 0 spiro atoms. The Balaban J connectivity index is 2.22. The average molecular weight is 215 g/mol. The second kappa shape index (κ2) is 3.52. The number of alkyl halides is 3. The summed E-state index contributed by atoms with van der Waals surface area (Å²) in [5.41, 5.74) is 1.35. The molecule has 2 rings (SSSR count). The summed E-state index contributed by atoms with van der Waals surface area (Å²) in [5, 5.41) is 3.03. The second-order valence-electron chi connectivity index (χ2n) is 3.87. The Labute approximate surface area is 86.3 Å². The topological polar surface area (TPSA) is 12.0 Å². The van der Waals surface area contributed by atoms with E-state index in [1.165, 1.54) is 12.1 Å². The molecule has 1 nitrogen and oxygen atoms in total. The Hall–Kier alpha value is -1.03. The second-order valence-corrected chi connectivity index (χ2v) is 3.87. The van der Waals surface area contributed by atoms with Crippen molar-refractivity contribution in [1.29, 1.82) is 0 Å². The molecule has 1 atom stereocenters. The van der Waals surface area contributed by atoms with Gasteiger partial charge in [-0.05, 0) is 36.7 Å². The summed E-state index contributed by atoms with van der Waals surface area (Å²) >= 11 is 0. The first-order valence-corrected chi connectivity index (χ1v) is 4.87. The summed E-state index contributed by atoms with van der Waals surface area (Å²) in [5.74, 6) is 0.382. The maximum absolute atomic E-state index is 12.4. The Morgan fingerprint density at radius 3 is 2.67 bits per heavy atom. The van der Waals surface area contributed by atoms with Crippen molar-refractivity contribution in [3.05, 3.63) is 34.9 Å². The SMILES string of the molecule is CNCC1Cc2cc(C(F)(F)F)ccc21. The summed E-state index contributed by atoms with van der Waals surface area (Å²) in [6.07, 6.45) is -3.47. The van der Waals surface area contributed by atoms with Gasteiger partial charge in [0.25, 0.3) is 0 Å². The first-order valence-electron chi connectivity index (χ1n) is 4.87. The molecule has 0 bridgehead atoms. The highest BCUT2D eigenvalue weighted by atomic mass is 19.4. The van der Waals surface area contributed by atoms with Crippen molar-refractivity contribution in [2.75, 3.05) is 13.6 Å². The lowest BCUT2D eigenvalue weighted by Gasteiger charge is -2.30. The molecular weight excluding hydrogens is 203 g/mol. The molecule has 0 heterocycles. The Morgan fingerprint density at radius 1 is 1.40 bits per heavy atom. The van der Waals surface area contributed by atoms with Crippen LogP contribution in [0.2, 0.25) is 0 Å². The molecule has 1 aromatic carbocycles. The van der Waals surface area contributed by atoms with Gasteiger partial charge in [-0.25, -0.2) is 0 Å². The van der Waals surface area contributed by atoms with Gasteiger partial charge in [-0.2, -0.15) is 13.2 Å². The number of halogens is 3. The fourth-order valence-corrected chi connectivity index (χ4v) is 2.03. The number of rotatable bonds is 2. The number of fused-ring (bicyclic) bond motifs is 1. The van der Waals surface area contributed by atoms with E-state index in [2.05, 4.69) is 5.32 Å². The van der Waals surface area contributed by atoms with Crippen LogP contribution < -0.4 is 5.32 Å². The lowest BCUT2D eigenvalue weighted by atomic mass is 9.77. The highest BCUT2D eigenvalue weighted by Crippen LogP contribution is 2.38. The molecule has 0 fully saturated rings. The van der Waals surface area contributed by atoms with Crippen molar-refractivity contribution in [1.82, 2.24) is 5.32 Å². The molecule has 1 N–H and O–H groups in total. The predicted molar refractivity (Wildman–Crippen MR) is 51.8 cm³/mol. The molecule has 0 amide bonds. The van der Waals surface area contributed by atoms with Gasteiger partial charge in [-0.3, -0.25) is 0 Å². The zero-order valence-electron chi connectivity index (χ0n) is 8.36. The monoisotopic (exact) mass is 215 g/mol. The van der Waals surface area contributed by atoms with E-state index in [1.807, 2.05) is 7.05 Å². The van der Waals surface area contributed by atoms with Crippen LogP contribution in [0.15, 0.2) is 18.2 Å². The van der Waals surface area contributed by atoms with Crippen molar-refractivity contribution in [2.24, 2.45) is 0 Å². The van der Waals surface area contributed by atoms with Gasteiger partial charge < -0.3 is 5.32 Å². The number of hydrogen-bond donors (Lipinski definition) is 1. The van der Waals surface area contributed by atoms with E-state index in [9.17, 15) is 13.2 Å². The van der Waals surface area contributed by atoms with E-state index in [0.29, 0.717) is 5.92 Å². The summed E-state index contributed by atoms with van der Waals surface area (Å²) < 4.78 is 37.1. The average Bonchev–Trinajstić information content (AvgIpc) is 2.12. The van der Waals surface area contributed by atoms with Crippen molar-refractivity contribution < 1.29 is 13.2 Å². The van der Waals surface area contributed by atoms with Crippen molar-refractivity contribution in [3.8, 4) is 0 Å². The molecule has 15 heavy (non-hydrogen) atoms. The first kappa shape index (κ1) is 10.5. The van der Waals surface area contributed by atoms with Crippen LogP contribution in [0, 0.1) is 0 Å². The largest absolute Gasteiger partial charge is 0.416 e. The molecule has 0 aliphatic heterocycles. The van der Waals surface area contributed by atoms with Crippen LogP contribution in [-0.4, -0.2) is 13.6 Å². The van der Waals surface area contributed by atoms with E-state index in [-0.39, 0.29) is 0 Å². The molecule has 0 aromatic heterocycles. The molecule has 1 aliphatic rings. The summed E-state index contributed by atoms with van der Waals surface area (Å²) in [6.45, 7) is 0.832. The van der Waals surface area contributed by atoms with Crippen molar-refractivity contribution >= 4 is 0 Å². The predicted octanol–water partition coefficient (Wildman–Crippen LogP) is 2.56. The van der Waals surface area contributed by atoms with Crippen LogP contribution in [0.25, 0.3) is 0 Å². The van der Waals surface area contributed by atoms with Gasteiger partial charge in [-0.1, -0.05) is 6.07 Å². The smallest absolute Gasteiger partial charge is 0.319 e. The van der Waals surface area contributed by atoms with Gasteiger partial charge in [0, 0.05) is 12.5 Å². The number of likely N-dealkylation sites (N-methyl/N-ethyl adjacent to an activating group) is 1. The third kappa shape index (κ3) is 1.86. The summed E-state index contributed by atoms with van der Waals surface area (Å²) in [7, 11) is 1.85. The van der Waals surface area contributed by atoms with Crippen LogP contribution >= 0.6 is 0 Å². The van der Waals surface area contributed by atoms with E-state index in [4.69, 9.17) is 0 Å². The molecule has 0 saturated heterocycles. The first-order chi connectivity index (χ1) is 7.02. The van der Waals surface area contributed by atoms with E-state index in [0.717, 1.165) is 24.1 Å². The Kier molecular flexibility index (Phi) is 2.46. The maximum Gasteiger partial charge on any atom is 0.416 e. The van der Waals surface area contributed by atoms with Crippen LogP contribution in [0.5, 0.6) is 0 Å². The van der Waals surface area contributed by atoms with E-state index < -0.39 is 11.7 Å². The third-order valence-corrected chi connectivity index (χ3v) is 2.83. The Bertz CT molecular complexity index is 371. The maximum atomic E-state index is 12.4. The summed E-state index contributed by atoms with van der Waals surface area (Å²) in [6, 6.07) is 4.03. The molecular formula is C11H12F3N. The minimum atomic E-state index is -4.22. The molecule has 82 valence electrons. The van der Waals surface area contributed by atoms with E-state index in [1.54, 1.807) is 6.07 Å². The van der Waals surface area contributed by atoms with Crippen molar-refractivity contribution in [3.63, 3.8) is 0 Å². The minimum Gasteiger partial charge on any atom is -0.319 e. The van der Waals surface area contributed by atoms with Crippen LogP contribution in [-0.2, 0) is 12.6 Å². The Morgan fingerprint density at radius 2 is 2.13 bits per heavy atom. The van der Waals surface area contributed by atoms with Gasteiger partial charge in [-0.15, -0.1) is 0 Å². The highest BCUT2D eigenvalue weighted by molar-refractivity contribution is 5.43. The van der Waals surface area contributed by atoms with Gasteiger partial charge in [0.1, 0.15) is 0 Å². The zero-order chi connectivity index (χ0) is 11.1. The number of benzene rings is 1. The van der Waals surface area contributed by atoms with Gasteiger partial charge in [0.05, 0.1) is 5.56 Å². The minimum absolute atomic E-state index is 0.382. The molecule has 0 radical (unpaired) electrons.